The Bertz CT molecular complexity index is 754. The summed E-state index contributed by atoms with van der Waals surface area (Å²) < 4.78 is 5.98. The van der Waals surface area contributed by atoms with Crippen LogP contribution < -0.4 is 0 Å². The zero-order chi connectivity index (χ0) is 15.9. The predicted octanol–water partition coefficient (Wildman–Crippen LogP) is 3.54. The molecule has 3 rings (SSSR count). The lowest BCUT2D eigenvalue weighted by Gasteiger charge is -2.06. The van der Waals surface area contributed by atoms with Gasteiger partial charge < -0.3 is 4.74 Å². The quantitative estimate of drug-likeness (QED) is 0.693. The topological polar surface area (TPSA) is 56.5 Å². The molecule has 0 aliphatic heterocycles. The molecule has 3 aromatic rings. The number of hydrogen-bond donors (Lipinski definition) is 0. The van der Waals surface area contributed by atoms with Crippen LogP contribution in [0.4, 0.5) is 0 Å². The number of halogens is 1. The Morgan fingerprint density at radius 3 is 2.59 bits per heavy atom. The molecule has 0 saturated heterocycles. The minimum Gasteiger partial charge on any atom is -0.468 e. The summed E-state index contributed by atoms with van der Waals surface area (Å²) in [5.41, 5.74) is 3.93. The van der Waals surface area contributed by atoms with E-state index in [0.29, 0.717) is 13.1 Å². The maximum Gasteiger partial charge on any atom is 0.293 e. The number of hydrogen-bond acceptors (Lipinski definition) is 4. The predicted molar refractivity (Wildman–Crippen MR) is 85.9 cm³/mol. The summed E-state index contributed by atoms with van der Waals surface area (Å²) in [7, 11) is 0. The third-order valence-electron chi connectivity index (χ3n) is 2.86. The van der Waals surface area contributed by atoms with Crippen molar-refractivity contribution < 1.29 is 9.53 Å². The van der Waals surface area contributed by atoms with Crippen molar-refractivity contribution in [1.82, 2.24) is 14.6 Å². The first-order chi connectivity index (χ1) is 10.7. The van der Waals surface area contributed by atoms with Gasteiger partial charge in [0.05, 0.1) is 18.5 Å². The highest BCUT2D eigenvalue weighted by Crippen LogP contribution is 2.22. The van der Waals surface area contributed by atoms with Gasteiger partial charge >= 0.3 is 0 Å². The van der Waals surface area contributed by atoms with Gasteiger partial charge in [-0.05, 0) is 32.0 Å². The maximum absolute atomic E-state index is 9.18. The van der Waals surface area contributed by atoms with Crippen molar-refractivity contribution in [3.8, 4) is 11.3 Å². The Labute approximate surface area is 133 Å². The third-order valence-corrected chi connectivity index (χ3v) is 3.11. The average Bonchev–Trinajstić information content (AvgIpc) is 2.97. The number of carbonyl (C=O) groups is 1. The molecule has 5 nitrogen and oxygen atoms in total. The fourth-order valence-electron chi connectivity index (χ4n) is 1.93. The van der Waals surface area contributed by atoms with Gasteiger partial charge in [-0.2, -0.15) is 5.10 Å². The standard InChI is InChI=1S/C13H10ClN3.C3H6O2/c1-9-8-12(10-2-4-11(14)5-3-10)17-13(16-9)6-7-15-17;1-2-5-3-4/h2-8H,1H3;3H,2H2,1H3. The van der Waals surface area contributed by atoms with Gasteiger partial charge in [0.15, 0.2) is 5.65 Å². The van der Waals surface area contributed by atoms with Crippen LogP contribution in [0.3, 0.4) is 0 Å². The minimum atomic E-state index is 0.431. The van der Waals surface area contributed by atoms with Crippen LogP contribution in [0.15, 0.2) is 42.6 Å². The Morgan fingerprint density at radius 2 is 2.00 bits per heavy atom. The SMILES string of the molecule is CCOC=O.Cc1cc(-c2ccc(Cl)cc2)n2nccc2n1. The van der Waals surface area contributed by atoms with Gasteiger partial charge in [0.1, 0.15) is 0 Å². The first kappa shape index (κ1) is 16.0. The zero-order valence-electron chi connectivity index (χ0n) is 12.4. The summed E-state index contributed by atoms with van der Waals surface area (Å²) in [5.74, 6) is 0. The highest BCUT2D eigenvalue weighted by Gasteiger charge is 2.06. The Morgan fingerprint density at radius 1 is 1.27 bits per heavy atom. The summed E-state index contributed by atoms with van der Waals surface area (Å²) in [4.78, 5) is 13.6. The second-order valence-electron chi connectivity index (χ2n) is 4.44. The van der Waals surface area contributed by atoms with Crippen LogP contribution in [0.25, 0.3) is 16.9 Å². The summed E-state index contributed by atoms with van der Waals surface area (Å²) in [6.07, 6.45) is 1.75. The van der Waals surface area contributed by atoms with E-state index in [9.17, 15) is 4.79 Å². The number of aryl methyl sites for hydroxylation is 1. The van der Waals surface area contributed by atoms with Gasteiger partial charge in [0, 0.05) is 22.3 Å². The highest BCUT2D eigenvalue weighted by molar-refractivity contribution is 6.30. The molecular formula is C16H16ClN3O2. The molecule has 114 valence electrons. The lowest BCUT2D eigenvalue weighted by Crippen LogP contribution is -1.97. The molecule has 0 spiro atoms. The molecule has 0 fully saturated rings. The van der Waals surface area contributed by atoms with E-state index in [1.54, 1.807) is 13.1 Å². The lowest BCUT2D eigenvalue weighted by atomic mass is 10.1. The molecule has 0 N–H and O–H groups in total. The van der Waals surface area contributed by atoms with Crippen LogP contribution in [-0.4, -0.2) is 27.7 Å². The fourth-order valence-corrected chi connectivity index (χ4v) is 2.06. The van der Waals surface area contributed by atoms with Gasteiger partial charge in [-0.3, -0.25) is 4.79 Å². The molecule has 2 aromatic heterocycles. The second kappa shape index (κ2) is 7.56. The Balaban J connectivity index is 0.000000309. The van der Waals surface area contributed by atoms with Crippen LogP contribution in [0.2, 0.25) is 5.02 Å². The molecule has 6 heteroatoms. The van der Waals surface area contributed by atoms with Gasteiger partial charge in [0.2, 0.25) is 0 Å². The van der Waals surface area contributed by atoms with E-state index < -0.39 is 0 Å². The molecule has 2 heterocycles. The molecule has 0 bridgehead atoms. The lowest BCUT2D eigenvalue weighted by molar-refractivity contribution is -0.128. The number of fused-ring (bicyclic) bond motifs is 1. The summed E-state index contributed by atoms with van der Waals surface area (Å²) in [6.45, 7) is 4.64. The average molecular weight is 318 g/mol. The first-order valence-electron chi connectivity index (χ1n) is 6.78. The monoisotopic (exact) mass is 317 g/mol. The van der Waals surface area contributed by atoms with Crippen LogP contribution in [-0.2, 0) is 9.53 Å². The fraction of sp³-hybridized carbons (Fsp3) is 0.188. The number of ether oxygens (including phenoxy) is 1. The molecule has 0 aliphatic rings. The van der Waals surface area contributed by atoms with Crippen molar-refractivity contribution >= 4 is 23.7 Å². The molecule has 0 aliphatic carbocycles. The smallest absolute Gasteiger partial charge is 0.293 e. The van der Waals surface area contributed by atoms with Crippen molar-refractivity contribution in [2.45, 2.75) is 13.8 Å². The molecule has 1 aromatic carbocycles. The molecule has 0 radical (unpaired) electrons. The summed E-state index contributed by atoms with van der Waals surface area (Å²) in [5, 5.41) is 5.01. The van der Waals surface area contributed by atoms with Crippen LogP contribution in [0, 0.1) is 6.92 Å². The van der Waals surface area contributed by atoms with E-state index in [4.69, 9.17) is 11.6 Å². The molecule has 0 unspecified atom stereocenters. The van der Waals surface area contributed by atoms with Crippen LogP contribution in [0.5, 0.6) is 0 Å². The number of rotatable bonds is 3. The summed E-state index contributed by atoms with van der Waals surface area (Å²) >= 11 is 5.89. The van der Waals surface area contributed by atoms with Crippen molar-refractivity contribution in [3.63, 3.8) is 0 Å². The molecule has 22 heavy (non-hydrogen) atoms. The van der Waals surface area contributed by atoms with Crippen LogP contribution in [0.1, 0.15) is 12.6 Å². The normalized spacial score (nSPS) is 9.95. The Hall–Kier alpha value is -2.40. The number of carbonyl (C=O) groups excluding carboxylic acids is 1. The van der Waals surface area contributed by atoms with E-state index in [1.165, 1.54) is 0 Å². The van der Waals surface area contributed by atoms with Gasteiger partial charge in [-0.1, -0.05) is 23.7 Å². The first-order valence-corrected chi connectivity index (χ1v) is 7.16. The van der Waals surface area contributed by atoms with Gasteiger partial charge in [0.25, 0.3) is 6.47 Å². The number of aromatic nitrogens is 3. The van der Waals surface area contributed by atoms with E-state index in [2.05, 4.69) is 14.8 Å². The molecule has 0 saturated carbocycles. The van der Waals surface area contributed by atoms with Gasteiger partial charge in [-0.15, -0.1) is 0 Å². The van der Waals surface area contributed by atoms with Gasteiger partial charge in [-0.25, -0.2) is 9.50 Å². The second-order valence-corrected chi connectivity index (χ2v) is 4.88. The Kier molecular flexibility index (Phi) is 5.49. The van der Waals surface area contributed by atoms with E-state index in [1.807, 2.05) is 47.8 Å². The van der Waals surface area contributed by atoms with Crippen molar-refractivity contribution in [2.75, 3.05) is 6.61 Å². The highest BCUT2D eigenvalue weighted by atomic mass is 35.5. The maximum atomic E-state index is 9.18. The third kappa shape index (κ3) is 3.83. The van der Waals surface area contributed by atoms with Crippen molar-refractivity contribution in [2.24, 2.45) is 0 Å². The summed E-state index contributed by atoms with van der Waals surface area (Å²) in [6, 6.07) is 11.6. The van der Waals surface area contributed by atoms with E-state index in [-0.39, 0.29) is 0 Å². The number of nitrogens with zero attached hydrogens (tertiary/aromatic N) is 3. The zero-order valence-corrected chi connectivity index (χ0v) is 13.1. The van der Waals surface area contributed by atoms with Crippen molar-refractivity contribution in [1.29, 1.82) is 0 Å². The molecule has 0 amide bonds. The molecular weight excluding hydrogens is 302 g/mol. The van der Waals surface area contributed by atoms with E-state index >= 15 is 0 Å². The largest absolute Gasteiger partial charge is 0.468 e. The van der Waals surface area contributed by atoms with Crippen LogP contribution >= 0.6 is 11.6 Å². The minimum absolute atomic E-state index is 0.431. The molecule has 0 atom stereocenters. The van der Waals surface area contributed by atoms with E-state index in [0.717, 1.165) is 27.6 Å². The number of benzene rings is 1. The van der Waals surface area contributed by atoms with Crippen molar-refractivity contribution in [3.05, 3.63) is 53.3 Å².